The lowest BCUT2D eigenvalue weighted by Crippen LogP contribution is -2.65. The van der Waals surface area contributed by atoms with Crippen molar-refractivity contribution in [3.63, 3.8) is 0 Å². The predicted molar refractivity (Wildman–Crippen MR) is 80.6 cm³/mol. The lowest BCUT2D eigenvalue weighted by molar-refractivity contribution is -0.101. The van der Waals surface area contributed by atoms with E-state index in [0.717, 1.165) is 31.8 Å². The van der Waals surface area contributed by atoms with Crippen LogP contribution < -0.4 is 5.32 Å². The van der Waals surface area contributed by atoms with E-state index in [1.165, 1.54) is 10.6 Å². The number of nitrogens with zero attached hydrogens (tertiary/aromatic N) is 2. The summed E-state index contributed by atoms with van der Waals surface area (Å²) in [5.41, 5.74) is -0.255. The van der Waals surface area contributed by atoms with E-state index in [1.807, 2.05) is 18.2 Å². The first-order valence-electron chi connectivity index (χ1n) is 7.24. The number of nitrogens with one attached hydrogen (secondary N) is 1. The van der Waals surface area contributed by atoms with Crippen LogP contribution in [0.4, 0.5) is 5.82 Å². The van der Waals surface area contributed by atoms with Crippen LogP contribution in [0.5, 0.6) is 0 Å². The number of aromatic nitrogens is 1. The van der Waals surface area contributed by atoms with E-state index in [0.29, 0.717) is 19.0 Å². The van der Waals surface area contributed by atoms with Crippen molar-refractivity contribution in [3.05, 3.63) is 24.4 Å². The molecule has 0 amide bonds. The second-order valence-corrected chi connectivity index (χ2v) is 7.84. The highest BCUT2D eigenvalue weighted by atomic mass is 32.2. The zero-order valence-corrected chi connectivity index (χ0v) is 13.0. The van der Waals surface area contributed by atoms with Gasteiger partial charge < -0.3 is 10.1 Å². The summed E-state index contributed by atoms with van der Waals surface area (Å²) in [6.45, 7) is 2.55. The predicted octanol–water partition coefficient (Wildman–Crippen LogP) is 0.934. The van der Waals surface area contributed by atoms with Crippen molar-refractivity contribution >= 4 is 15.8 Å². The standard InChI is InChI=1S/C14H21N3O3S/c1-21(18,19)17-10-14(11-17)12(6-9-20-14)5-8-16-13-4-2-3-7-15-13/h2-4,7,12H,5-6,8-11H2,1H3,(H,15,16). The first kappa shape index (κ1) is 14.7. The number of hydrogen-bond donors (Lipinski definition) is 1. The molecule has 116 valence electrons. The van der Waals surface area contributed by atoms with Crippen LogP contribution in [0.15, 0.2) is 24.4 Å². The van der Waals surface area contributed by atoms with Crippen LogP contribution >= 0.6 is 0 Å². The molecule has 0 aromatic carbocycles. The Morgan fingerprint density at radius 3 is 2.95 bits per heavy atom. The zero-order chi connectivity index (χ0) is 14.9. The fourth-order valence-corrected chi connectivity index (χ4v) is 4.08. The van der Waals surface area contributed by atoms with Gasteiger partial charge >= 0.3 is 0 Å². The second kappa shape index (κ2) is 5.55. The van der Waals surface area contributed by atoms with E-state index in [1.54, 1.807) is 6.20 Å². The van der Waals surface area contributed by atoms with Gasteiger partial charge in [-0.05, 0) is 30.9 Å². The van der Waals surface area contributed by atoms with Crippen molar-refractivity contribution in [3.8, 4) is 0 Å². The molecule has 2 saturated heterocycles. The van der Waals surface area contributed by atoms with E-state index < -0.39 is 10.0 Å². The van der Waals surface area contributed by atoms with Crippen molar-refractivity contribution in [1.82, 2.24) is 9.29 Å². The van der Waals surface area contributed by atoms with Gasteiger partial charge in [0.2, 0.25) is 10.0 Å². The van der Waals surface area contributed by atoms with Gasteiger partial charge in [0, 0.05) is 32.4 Å². The van der Waals surface area contributed by atoms with Gasteiger partial charge in [0.1, 0.15) is 5.82 Å². The van der Waals surface area contributed by atoms with Gasteiger partial charge in [-0.3, -0.25) is 0 Å². The Bertz CT molecular complexity index is 585. The Morgan fingerprint density at radius 1 is 1.48 bits per heavy atom. The van der Waals surface area contributed by atoms with Gasteiger partial charge in [0.05, 0.1) is 11.9 Å². The molecule has 0 aliphatic carbocycles. The molecule has 6 nitrogen and oxygen atoms in total. The highest BCUT2D eigenvalue weighted by Gasteiger charge is 2.55. The summed E-state index contributed by atoms with van der Waals surface area (Å²) in [5.74, 6) is 1.28. The van der Waals surface area contributed by atoms with Gasteiger partial charge in [-0.2, -0.15) is 4.31 Å². The molecule has 0 radical (unpaired) electrons. The molecule has 3 rings (SSSR count). The zero-order valence-electron chi connectivity index (χ0n) is 12.2. The van der Waals surface area contributed by atoms with E-state index >= 15 is 0 Å². The fraction of sp³-hybridized carbons (Fsp3) is 0.643. The maximum atomic E-state index is 11.5. The highest BCUT2D eigenvalue weighted by Crippen LogP contribution is 2.42. The van der Waals surface area contributed by atoms with E-state index in [2.05, 4.69) is 10.3 Å². The third-order valence-electron chi connectivity index (χ3n) is 4.42. The second-order valence-electron chi connectivity index (χ2n) is 5.86. The average molecular weight is 311 g/mol. The smallest absolute Gasteiger partial charge is 0.211 e. The Hall–Kier alpha value is -1.18. The van der Waals surface area contributed by atoms with Crippen molar-refractivity contribution in [2.75, 3.05) is 37.8 Å². The van der Waals surface area contributed by atoms with E-state index in [-0.39, 0.29) is 5.60 Å². The molecule has 0 saturated carbocycles. The summed E-state index contributed by atoms with van der Waals surface area (Å²) < 4.78 is 30.4. The SMILES string of the molecule is CS(=O)(=O)N1CC2(C1)OCCC2CCNc1ccccn1. The number of anilines is 1. The molecule has 0 bridgehead atoms. The minimum Gasteiger partial charge on any atom is -0.372 e. The normalized spacial score (nSPS) is 24.9. The van der Waals surface area contributed by atoms with Gasteiger partial charge in [-0.1, -0.05) is 6.07 Å². The minimum absolute atomic E-state index is 0.255. The molecule has 2 fully saturated rings. The van der Waals surface area contributed by atoms with Gasteiger partial charge in [-0.15, -0.1) is 0 Å². The Labute approximate surface area is 125 Å². The molecule has 21 heavy (non-hydrogen) atoms. The number of sulfonamides is 1. The largest absolute Gasteiger partial charge is 0.372 e. The first-order valence-corrected chi connectivity index (χ1v) is 9.08. The monoisotopic (exact) mass is 311 g/mol. The Kier molecular flexibility index (Phi) is 3.90. The molecule has 2 aliphatic rings. The summed E-state index contributed by atoms with van der Waals surface area (Å²) >= 11 is 0. The third kappa shape index (κ3) is 3.04. The first-order chi connectivity index (χ1) is 10.00. The van der Waals surface area contributed by atoms with Crippen LogP contribution in [0.25, 0.3) is 0 Å². The van der Waals surface area contributed by atoms with Crippen LogP contribution in [0, 0.1) is 5.92 Å². The maximum absolute atomic E-state index is 11.5. The van der Waals surface area contributed by atoms with Crippen LogP contribution in [0.3, 0.4) is 0 Å². The quantitative estimate of drug-likeness (QED) is 0.876. The van der Waals surface area contributed by atoms with Crippen molar-refractivity contribution in [2.24, 2.45) is 5.92 Å². The molecule has 3 heterocycles. The van der Waals surface area contributed by atoms with Crippen molar-refractivity contribution in [2.45, 2.75) is 18.4 Å². The molecule has 1 spiro atoms. The van der Waals surface area contributed by atoms with E-state index in [9.17, 15) is 8.42 Å². The van der Waals surface area contributed by atoms with Crippen molar-refractivity contribution in [1.29, 1.82) is 0 Å². The molecular weight excluding hydrogens is 290 g/mol. The lowest BCUT2D eigenvalue weighted by atomic mass is 9.80. The molecular formula is C14H21N3O3S. The van der Waals surface area contributed by atoms with Gasteiger partial charge in [-0.25, -0.2) is 13.4 Å². The van der Waals surface area contributed by atoms with Crippen LogP contribution in [-0.4, -0.2) is 55.8 Å². The molecule has 2 aliphatic heterocycles. The summed E-state index contributed by atoms with van der Waals surface area (Å²) in [5, 5.41) is 3.30. The highest BCUT2D eigenvalue weighted by molar-refractivity contribution is 7.88. The summed E-state index contributed by atoms with van der Waals surface area (Å²) in [6, 6.07) is 5.78. The number of hydrogen-bond acceptors (Lipinski definition) is 5. The average Bonchev–Trinajstić information content (AvgIpc) is 2.81. The fourth-order valence-electron chi connectivity index (χ4n) is 3.17. The summed E-state index contributed by atoms with van der Waals surface area (Å²) in [6.07, 6.45) is 4.99. The maximum Gasteiger partial charge on any atom is 0.211 e. The Morgan fingerprint density at radius 2 is 2.29 bits per heavy atom. The van der Waals surface area contributed by atoms with Gasteiger partial charge in [0.25, 0.3) is 0 Å². The molecule has 1 aromatic heterocycles. The van der Waals surface area contributed by atoms with Crippen LogP contribution in [0.1, 0.15) is 12.8 Å². The molecule has 1 atom stereocenters. The number of rotatable bonds is 5. The minimum atomic E-state index is -3.09. The van der Waals surface area contributed by atoms with Crippen molar-refractivity contribution < 1.29 is 13.2 Å². The van der Waals surface area contributed by atoms with Gasteiger partial charge in [0.15, 0.2) is 0 Å². The Balaban J connectivity index is 1.52. The molecule has 1 unspecified atom stereocenters. The molecule has 1 N–H and O–H groups in total. The number of pyridine rings is 1. The molecule has 1 aromatic rings. The van der Waals surface area contributed by atoms with Crippen LogP contribution in [-0.2, 0) is 14.8 Å². The van der Waals surface area contributed by atoms with Crippen LogP contribution in [0.2, 0.25) is 0 Å². The van der Waals surface area contributed by atoms with E-state index in [4.69, 9.17) is 4.74 Å². The summed E-state index contributed by atoms with van der Waals surface area (Å²) in [7, 11) is -3.09. The summed E-state index contributed by atoms with van der Waals surface area (Å²) in [4.78, 5) is 4.23. The lowest BCUT2D eigenvalue weighted by Gasteiger charge is -2.48. The molecule has 7 heteroatoms. The third-order valence-corrected chi connectivity index (χ3v) is 5.62. The number of ether oxygens (including phenoxy) is 1. The topological polar surface area (TPSA) is 71.5 Å².